The van der Waals surface area contributed by atoms with Crippen LogP contribution in [0.4, 0.5) is 0 Å². The van der Waals surface area contributed by atoms with Crippen molar-refractivity contribution in [3.63, 3.8) is 0 Å². The molecule has 1 nitrogen and oxygen atoms in total. The maximum absolute atomic E-state index is 5.84. The maximum atomic E-state index is 5.84. The minimum absolute atomic E-state index is 0.194. The van der Waals surface area contributed by atoms with E-state index in [0.717, 1.165) is 6.61 Å². The quantitative estimate of drug-likeness (QED) is 0.654. The molecule has 0 saturated heterocycles. The molecular weight excluding hydrogens is 336 g/mol. The molecule has 0 fully saturated rings. The second kappa shape index (κ2) is 7.60. The van der Waals surface area contributed by atoms with E-state index in [9.17, 15) is 0 Å². The van der Waals surface area contributed by atoms with Crippen LogP contribution in [0.5, 0.6) is 0 Å². The van der Waals surface area contributed by atoms with Crippen molar-refractivity contribution in [1.29, 1.82) is 0 Å². The Balaban J connectivity index is 2.90. The van der Waals surface area contributed by atoms with Gasteiger partial charge in [-0.15, -0.1) is 0 Å². The minimum atomic E-state index is -2.10. The fourth-order valence-corrected chi connectivity index (χ4v) is 18.5. The van der Waals surface area contributed by atoms with E-state index in [1.54, 1.807) is 0 Å². The third-order valence-electron chi connectivity index (χ3n) is 5.54. The van der Waals surface area contributed by atoms with Gasteiger partial charge in [0.15, 0.2) is 0 Å². The van der Waals surface area contributed by atoms with Crippen molar-refractivity contribution in [1.82, 2.24) is 0 Å². The fraction of sp³-hybridized carbons (Fsp3) is 0.455. The van der Waals surface area contributed by atoms with Crippen LogP contribution in [-0.4, -0.2) is 29.9 Å². The molecule has 0 aliphatic heterocycles. The summed E-state index contributed by atoms with van der Waals surface area (Å²) in [6, 6.07) is 22.6. The van der Waals surface area contributed by atoms with E-state index >= 15 is 0 Å². The first-order valence-corrected chi connectivity index (χ1v) is 14.9. The highest BCUT2D eigenvalue weighted by Gasteiger charge is 2.56. The summed E-state index contributed by atoms with van der Waals surface area (Å²) in [4.78, 5) is 0. The monoisotopic (exact) mass is 370 g/mol. The third-order valence-corrected chi connectivity index (χ3v) is 17.8. The smallest absolute Gasteiger partial charge is 0.126 e. The molecule has 0 aliphatic rings. The van der Waals surface area contributed by atoms with Gasteiger partial charge >= 0.3 is 0 Å². The van der Waals surface area contributed by atoms with Crippen LogP contribution in [0.2, 0.25) is 29.8 Å². The summed E-state index contributed by atoms with van der Waals surface area (Å²) in [6.45, 7) is 15.7. The second-order valence-electron chi connectivity index (χ2n) is 9.16. The summed E-state index contributed by atoms with van der Waals surface area (Å²) < 4.78 is 5.84. The normalized spacial score (nSPS) is 14.4. The number of rotatable bonds is 6. The van der Waals surface area contributed by atoms with Crippen LogP contribution in [-0.2, 0) is 4.74 Å². The molecule has 1 atom stereocenters. The van der Waals surface area contributed by atoms with Gasteiger partial charge in [-0.25, -0.2) is 0 Å². The zero-order valence-corrected chi connectivity index (χ0v) is 19.0. The van der Waals surface area contributed by atoms with Gasteiger partial charge < -0.3 is 4.74 Å². The first-order valence-electron chi connectivity index (χ1n) is 9.25. The molecule has 0 amide bonds. The van der Waals surface area contributed by atoms with E-state index in [-0.39, 0.29) is 5.04 Å². The number of hydrogen-bond donors (Lipinski definition) is 0. The van der Waals surface area contributed by atoms with Gasteiger partial charge in [0.25, 0.3) is 0 Å². The first kappa shape index (κ1) is 20.1. The topological polar surface area (TPSA) is 9.23 Å². The van der Waals surface area contributed by atoms with Crippen LogP contribution >= 0.6 is 0 Å². The van der Waals surface area contributed by atoms with Crippen LogP contribution in [0.15, 0.2) is 60.7 Å². The maximum Gasteiger partial charge on any atom is 0.126 e. The molecule has 0 heterocycles. The van der Waals surface area contributed by atoms with Gasteiger partial charge in [0.05, 0.1) is 0 Å². The molecule has 0 spiro atoms. The summed E-state index contributed by atoms with van der Waals surface area (Å²) in [5.41, 5.74) is 0. The van der Waals surface area contributed by atoms with Crippen molar-refractivity contribution < 1.29 is 4.74 Å². The van der Waals surface area contributed by atoms with Crippen LogP contribution in [0, 0.1) is 0 Å². The highest BCUT2D eigenvalue weighted by molar-refractivity contribution is 7.13. The van der Waals surface area contributed by atoms with Crippen molar-refractivity contribution in [2.24, 2.45) is 0 Å². The van der Waals surface area contributed by atoms with E-state index in [1.165, 1.54) is 10.4 Å². The van der Waals surface area contributed by atoms with E-state index in [1.807, 2.05) is 7.11 Å². The lowest BCUT2D eigenvalue weighted by molar-refractivity contribution is 0.206. The number of methoxy groups -OCH3 is 1. The van der Waals surface area contributed by atoms with E-state index in [0.29, 0.717) is 5.16 Å². The zero-order chi connectivity index (χ0) is 18.7. The average Bonchev–Trinajstić information content (AvgIpc) is 2.54. The molecule has 0 saturated carbocycles. The van der Waals surface area contributed by atoms with E-state index in [4.69, 9.17) is 4.74 Å². The summed E-state index contributed by atoms with van der Waals surface area (Å²) >= 11 is 0. The van der Waals surface area contributed by atoms with Crippen molar-refractivity contribution in [2.45, 2.75) is 50.6 Å². The highest BCUT2D eigenvalue weighted by Crippen LogP contribution is 2.46. The van der Waals surface area contributed by atoms with Crippen molar-refractivity contribution in [2.75, 3.05) is 13.7 Å². The molecule has 2 aromatic carbocycles. The number of hydrogen-bond acceptors (Lipinski definition) is 1. The van der Waals surface area contributed by atoms with E-state index < -0.39 is 16.1 Å². The Labute approximate surface area is 156 Å². The lowest BCUT2D eigenvalue weighted by atomic mass is 10.2. The van der Waals surface area contributed by atoms with Crippen molar-refractivity contribution in [3.8, 4) is 0 Å². The van der Waals surface area contributed by atoms with Gasteiger partial charge in [-0.2, -0.15) is 0 Å². The van der Waals surface area contributed by atoms with E-state index in [2.05, 4.69) is 101 Å². The number of benzene rings is 2. The van der Waals surface area contributed by atoms with Crippen LogP contribution in [0.1, 0.15) is 20.8 Å². The van der Waals surface area contributed by atoms with Crippen LogP contribution in [0.25, 0.3) is 0 Å². The Morgan fingerprint density at radius 3 is 1.48 bits per heavy atom. The average molecular weight is 371 g/mol. The van der Waals surface area contributed by atoms with Crippen LogP contribution in [0.3, 0.4) is 0 Å². The lowest BCUT2D eigenvalue weighted by Crippen LogP contribution is -2.71. The summed E-state index contributed by atoms with van der Waals surface area (Å²) in [5, 5.41) is 3.88. The third kappa shape index (κ3) is 3.84. The van der Waals surface area contributed by atoms with Crippen molar-refractivity contribution in [3.05, 3.63) is 60.7 Å². The molecule has 0 aliphatic carbocycles. The molecule has 136 valence electrons. The second-order valence-corrected chi connectivity index (χ2v) is 20.1. The molecule has 2 rings (SSSR count). The molecule has 0 aromatic heterocycles. The van der Waals surface area contributed by atoms with Crippen LogP contribution < -0.4 is 10.4 Å². The van der Waals surface area contributed by atoms with Gasteiger partial charge in [-0.1, -0.05) is 111 Å². The molecule has 3 heteroatoms. The molecule has 0 radical (unpaired) electrons. The lowest BCUT2D eigenvalue weighted by Gasteiger charge is -2.53. The number of ether oxygens (including phenoxy) is 1. The first-order chi connectivity index (χ1) is 11.7. The van der Waals surface area contributed by atoms with Crippen molar-refractivity contribution >= 4 is 26.5 Å². The predicted molar refractivity (Wildman–Crippen MR) is 117 cm³/mol. The summed E-state index contributed by atoms with van der Waals surface area (Å²) in [7, 11) is -1.71. The molecule has 0 N–H and O–H groups in total. The van der Waals surface area contributed by atoms with Gasteiger partial charge in [-0.05, 0) is 10.2 Å². The fourth-order valence-electron chi connectivity index (χ4n) is 4.55. The zero-order valence-electron chi connectivity index (χ0n) is 17.0. The Morgan fingerprint density at radius 1 is 0.800 bits per heavy atom. The van der Waals surface area contributed by atoms with Gasteiger partial charge in [0.2, 0.25) is 0 Å². The Kier molecular flexibility index (Phi) is 6.13. The SMILES string of the molecule is COCC([Si](C)(C)C)[Si](c1ccccc1)(c1ccccc1)C(C)(C)C. The molecule has 25 heavy (non-hydrogen) atoms. The highest BCUT2D eigenvalue weighted by atomic mass is 28.4. The predicted octanol–water partition coefficient (Wildman–Crippen LogP) is 4.94. The molecule has 0 bridgehead atoms. The van der Waals surface area contributed by atoms with Gasteiger partial charge in [0.1, 0.15) is 8.07 Å². The van der Waals surface area contributed by atoms with Gasteiger partial charge in [0, 0.05) is 21.8 Å². The Bertz CT molecular complexity index is 614. The molecule has 2 aromatic rings. The Hall–Kier alpha value is -1.17. The Morgan fingerprint density at radius 2 is 1.20 bits per heavy atom. The largest absolute Gasteiger partial charge is 0.385 e. The minimum Gasteiger partial charge on any atom is -0.385 e. The summed E-state index contributed by atoms with van der Waals surface area (Å²) in [6.07, 6.45) is 0. The molecule has 1 unspecified atom stereocenters. The van der Waals surface area contributed by atoms with Gasteiger partial charge in [-0.3, -0.25) is 0 Å². The molecular formula is C22H34OSi2. The standard InChI is InChI=1S/C22H34OSi2/c1-22(2,3)25(19-14-10-8-11-15-19,20-16-12-9-13-17-20)21(18-23-4)24(5,6)7/h8-17,21H,18H2,1-7H3. The summed E-state index contributed by atoms with van der Waals surface area (Å²) in [5.74, 6) is 0.